The van der Waals surface area contributed by atoms with E-state index in [-0.39, 0.29) is 0 Å². The lowest BCUT2D eigenvalue weighted by molar-refractivity contribution is 0.198. The van der Waals surface area contributed by atoms with Gasteiger partial charge in [-0.15, -0.1) is 0 Å². The average molecular weight is 339 g/mol. The fourth-order valence-corrected chi connectivity index (χ4v) is 4.19. The Bertz CT molecular complexity index is 737. The van der Waals surface area contributed by atoms with Gasteiger partial charge in [0, 0.05) is 43.8 Å². The first-order valence-electron chi connectivity index (χ1n) is 9.01. The van der Waals surface area contributed by atoms with Crippen LogP contribution >= 0.6 is 0 Å². The third-order valence-corrected chi connectivity index (χ3v) is 5.43. The van der Waals surface area contributed by atoms with Gasteiger partial charge < -0.3 is 9.64 Å². The number of aryl methyl sites for hydroxylation is 1. The summed E-state index contributed by atoms with van der Waals surface area (Å²) >= 11 is 0. The molecule has 0 spiro atoms. The van der Waals surface area contributed by atoms with Crippen LogP contribution in [0, 0.1) is 12.8 Å². The number of anilines is 1. The summed E-state index contributed by atoms with van der Waals surface area (Å²) in [5.41, 5.74) is 2.25. The third-order valence-electron chi connectivity index (χ3n) is 5.43. The predicted molar refractivity (Wildman–Crippen MR) is 96.7 cm³/mol. The molecule has 0 aromatic carbocycles. The Labute approximate surface area is 148 Å². The molecule has 4 rings (SSSR count). The number of aromatic nitrogens is 3. The molecule has 6 nitrogen and oxygen atoms in total. The van der Waals surface area contributed by atoms with Gasteiger partial charge in [-0.25, -0.2) is 9.97 Å². The molecule has 6 heteroatoms. The topological polar surface area (TPSA) is 54.4 Å². The highest BCUT2D eigenvalue weighted by molar-refractivity contribution is 5.48. The van der Waals surface area contributed by atoms with Crippen LogP contribution in [0.3, 0.4) is 0 Å². The van der Waals surface area contributed by atoms with Gasteiger partial charge in [-0.3, -0.25) is 9.88 Å². The smallest absolute Gasteiger partial charge is 0.257 e. The molecule has 0 aliphatic carbocycles. The number of fused-ring (bicyclic) bond motifs is 1. The number of hydrogen-bond donors (Lipinski definition) is 0. The van der Waals surface area contributed by atoms with Crippen LogP contribution in [0.25, 0.3) is 0 Å². The fraction of sp³-hybridized carbons (Fsp3) is 0.526. The zero-order valence-corrected chi connectivity index (χ0v) is 14.9. The van der Waals surface area contributed by atoms with Crippen LogP contribution in [0.1, 0.15) is 24.2 Å². The second kappa shape index (κ2) is 6.96. The van der Waals surface area contributed by atoms with Crippen LogP contribution in [0.15, 0.2) is 30.6 Å². The Hall–Kier alpha value is -2.21. The lowest BCUT2D eigenvalue weighted by atomic mass is 9.92. The Kier molecular flexibility index (Phi) is 4.53. The Morgan fingerprint density at radius 3 is 2.84 bits per heavy atom. The van der Waals surface area contributed by atoms with Crippen LogP contribution in [0.2, 0.25) is 0 Å². The maximum absolute atomic E-state index is 5.41. The molecule has 4 heterocycles. The molecule has 2 aliphatic heterocycles. The van der Waals surface area contributed by atoms with Gasteiger partial charge in [0.2, 0.25) is 0 Å². The molecule has 2 unspecified atom stereocenters. The normalized spacial score (nSPS) is 23.5. The number of methoxy groups -OCH3 is 1. The number of hydrogen-bond acceptors (Lipinski definition) is 6. The number of nitrogens with zero attached hydrogens (tertiary/aromatic N) is 5. The highest BCUT2D eigenvalue weighted by atomic mass is 16.5. The minimum atomic E-state index is 0.544. The van der Waals surface area contributed by atoms with Gasteiger partial charge in [0.05, 0.1) is 12.8 Å². The molecule has 0 saturated carbocycles. The van der Waals surface area contributed by atoms with Crippen molar-refractivity contribution in [2.45, 2.75) is 32.4 Å². The van der Waals surface area contributed by atoms with Crippen LogP contribution in [-0.4, -0.2) is 52.6 Å². The predicted octanol–water partition coefficient (Wildman–Crippen LogP) is 2.29. The quantitative estimate of drug-likeness (QED) is 0.852. The van der Waals surface area contributed by atoms with E-state index in [9.17, 15) is 0 Å². The molecule has 0 N–H and O–H groups in total. The van der Waals surface area contributed by atoms with Gasteiger partial charge >= 0.3 is 0 Å². The van der Waals surface area contributed by atoms with Crippen molar-refractivity contribution in [3.05, 3.63) is 42.0 Å². The highest BCUT2D eigenvalue weighted by Crippen LogP contribution is 2.35. The van der Waals surface area contributed by atoms with E-state index in [1.165, 1.54) is 12.8 Å². The SMILES string of the molecule is COc1nccnc1N1CCC2CCN(Cc3cccc(C)n3)C2C1. The molecule has 2 aliphatic rings. The maximum Gasteiger partial charge on any atom is 0.257 e. The van der Waals surface area contributed by atoms with E-state index in [1.807, 2.05) is 0 Å². The maximum atomic E-state index is 5.41. The average Bonchev–Trinajstić information content (AvgIpc) is 3.04. The van der Waals surface area contributed by atoms with Crippen molar-refractivity contribution < 1.29 is 4.74 Å². The molecule has 2 saturated heterocycles. The van der Waals surface area contributed by atoms with Gasteiger partial charge in [-0.1, -0.05) is 6.07 Å². The molecule has 25 heavy (non-hydrogen) atoms. The largest absolute Gasteiger partial charge is 0.478 e. The van der Waals surface area contributed by atoms with Crippen molar-refractivity contribution in [3.63, 3.8) is 0 Å². The van der Waals surface area contributed by atoms with Gasteiger partial charge in [0.15, 0.2) is 5.82 Å². The highest BCUT2D eigenvalue weighted by Gasteiger charge is 2.39. The molecular formula is C19H25N5O. The summed E-state index contributed by atoms with van der Waals surface area (Å²) in [6.07, 6.45) is 5.90. The van der Waals surface area contributed by atoms with E-state index >= 15 is 0 Å². The molecule has 0 bridgehead atoms. The van der Waals surface area contributed by atoms with Gasteiger partial charge in [-0.05, 0) is 44.4 Å². The van der Waals surface area contributed by atoms with Crippen molar-refractivity contribution >= 4 is 5.82 Å². The number of likely N-dealkylation sites (tertiary alicyclic amines) is 1. The molecule has 0 radical (unpaired) electrons. The second-order valence-electron chi connectivity index (χ2n) is 6.98. The van der Waals surface area contributed by atoms with Crippen molar-refractivity contribution in [1.29, 1.82) is 0 Å². The van der Waals surface area contributed by atoms with E-state index in [0.717, 1.165) is 49.3 Å². The molecule has 132 valence electrons. The summed E-state index contributed by atoms with van der Waals surface area (Å²) in [6.45, 7) is 6.13. The zero-order valence-electron chi connectivity index (χ0n) is 14.9. The van der Waals surface area contributed by atoms with Crippen molar-refractivity contribution in [2.24, 2.45) is 5.92 Å². The summed E-state index contributed by atoms with van der Waals surface area (Å²) in [5.74, 6) is 2.25. The van der Waals surface area contributed by atoms with E-state index in [2.05, 4.69) is 49.9 Å². The van der Waals surface area contributed by atoms with Crippen molar-refractivity contribution in [2.75, 3.05) is 31.6 Å². The van der Waals surface area contributed by atoms with Crippen LogP contribution in [0.5, 0.6) is 5.88 Å². The standard InChI is InChI=1S/C19H25N5O/c1-14-4-3-5-16(22-14)12-23-10-6-15-7-11-24(13-17(15)23)18-19(25-2)21-9-8-20-18/h3-5,8-9,15,17H,6-7,10-13H2,1-2H3. The van der Waals surface area contributed by atoms with Gasteiger partial charge in [0.25, 0.3) is 5.88 Å². The zero-order chi connectivity index (χ0) is 17.2. The third kappa shape index (κ3) is 3.31. The van der Waals surface area contributed by atoms with E-state index in [0.29, 0.717) is 11.9 Å². The molecule has 2 aromatic rings. The monoisotopic (exact) mass is 339 g/mol. The first-order chi connectivity index (χ1) is 12.2. The van der Waals surface area contributed by atoms with E-state index in [1.54, 1.807) is 19.5 Å². The summed E-state index contributed by atoms with van der Waals surface area (Å²) in [4.78, 5) is 18.4. The molecule has 2 fully saturated rings. The van der Waals surface area contributed by atoms with E-state index < -0.39 is 0 Å². The van der Waals surface area contributed by atoms with Crippen molar-refractivity contribution in [3.8, 4) is 5.88 Å². The van der Waals surface area contributed by atoms with Gasteiger partial charge in [-0.2, -0.15) is 0 Å². The summed E-state index contributed by atoms with van der Waals surface area (Å²) in [7, 11) is 1.66. The first-order valence-corrected chi connectivity index (χ1v) is 9.01. The molecule has 2 aromatic heterocycles. The van der Waals surface area contributed by atoms with Crippen LogP contribution in [0.4, 0.5) is 5.82 Å². The van der Waals surface area contributed by atoms with Crippen molar-refractivity contribution in [1.82, 2.24) is 19.9 Å². The lowest BCUT2D eigenvalue weighted by Gasteiger charge is -2.39. The number of ether oxygens (including phenoxy) is 1. The summed E-state index contributed by atoms with van der Waals surface area (Å²) in [5, 5.41) is 0. The number of rotatable bonds is 4. The minimum absolute atomic E-state index is 0.544. The van der Waals surface area contributed by atoms with Crippen LogP contribution in [-0.2, 0) is 6.54 Å². The fourth-order valence-electron chi connectivity index (χ4n) is 4.19. The van der Waals surface area contributed by atoms with Crippen LogP contribution < -0.4 is 9.64 Å². The summed E-state index contributed by atoms with van der Waals surface area (Å²) < 4.78 is 5.41. The lowest BCUT2D eigenvalue weighted by Crippen LogP contribution is -2.48. The first kappa shape index (κ1) is 16.3. The number of piperidine rings is 1. The number of pyridine rings is 1. The second-order valence-corrected chi connectivity index (χ2v) is 6.98. The Morgan fingerprint density at radius 1 is 1.16 bits per heavy atom. The Balaban J connectivity index is 1.51. The van der Waals surface area contributed by atoms with Gasteiger partial charge in [0.1, 0.15) is 0 Å². The Morgan fingerprint density at radius 2 is 2.00 bits per heavy atom. The molecule has 0 amide bonds. The minimum Gasteiger partial charge on any atom is -0.478 e. The molecule has 2 atom stereocenters. The molecular weight excluding hydrogens is 314 g/mol. The summed E-state index contributed by atoms with van der Waals surface area (Å²) in [6, 6.07) is 6.83. The van der Waals surface area contributed by atoms with E-state index in [4.69, 9.17) is 4.74 Å².